The van der Waals surface area contributed by atoms with Crippen molar-refractivity contribution in [3.63, 3.8) is 0 Å². The molecule has 1 fully saturated rings. The van der Waals surface area contributed by atoms with Gasteiger partial charge in [-0.05, 0) is 12.8 Å². The van der Waals surface area contributed by atoms with Crippen LogP contribution < -0.4 is 0 Å². The van der Waals surface area contributed by atoms with Crippen LogP contribution >= 0.6 is 0 Å². The SMILES string of the molecule is COOOC1CCCCC1. The second kappa shape index (κ2) is 4.66. The Labute approximate surface area is 61.1 Å². The average molecular weight is 146 g/mol. The van der Waals surface area contributed by atoms with E-state index in [-0.39, 0.29) is 6.10 Å². The van der Waals surface area contributed by atoms with E-state index in [0.717, 1.165) is 12.8 Å². The maximum atomic E-state index is 4.91. The van der Waals surface area contributed by atoms with E-state index in [1.807, 2.05) is 0 Å². The molecule has 0 aromatic carbocycles. The maximum absolute atomic E-state index is 4.91. The van der Waals surface area contributed by atoms with Gasteiger partial charge in [-0.3, -0.25) is 0 Å². The fraction of sp³-hybridized carbons (Fsp3) is 1.00. The van der Waals surface area contributed by atoms with E-state index in [9.17, 15) is 0 Å². The lowest BCUT2D eigenvalue weighted by atomic mass is 9.98. The Morgan fingerprint density at radius 2 is 1.80 bits per heavy atom. The Morgan fingerprint density at radius 3 is 2.40 bits per heavy atom. The van der Waals surface area contributed by atoms with E-state index in [4.69, 9.17) is 4.89 Å². The van der Waals surface area contributed by atoms with Gasteiger partial charge in [-0.2, -0.15) is 0 Å². The zero-order valence-corrected chi connectivity index (χ0v) is 6.34. The summed E-state index contributed by atoms with van der Waals surface area (Å²) in [6.45, 7) is 0. The lowest BCUT2D eigenvalue weighted by Crippen LogP contribution is -2.16. The van der Waals surface area contributed by atoms with Crippen molar-refractivity contribution >= 4 is 0 Å². The quantitative estimate of drug-likeness (QED) is 0.449. The maximum Gasteiger partial charge on any atom is 0.0961 e. The smallest absolute Gasteiger partial charge is 0.0961 e. The lowest BCUT2D eigenvalue weighted by molar-refractivity contribution is -0.518. The van der Waals surface area contributed by atoms with Gasteiger partial charge in [0, 0.05) is 0 Å². The van der Waals surface area contributed by atoms with E-state index < -0.39 is 0 Å². The van der Waals surface area contributed by atoms with Crippen LogP contribution in [0.4, 0.5) is 0 Å². The first kappa shape index (κ1) is 7.98. The van der Waals surface area contributed by atoms with Gasteiger partial charge in [0.25, 0.3) is 0 Å². The largest absolute Gasteiger partial charge is 0.210 e. The van der Waals surface area contributed by atoms with Crippen molar-refractivity contribution in [1.82, 2.24) is 0 Å². The van der Waals surface area contributed by atoms with Gasteiger partial charge in [-0.15, -0.1) is 0 Å². The molecule has 0 aromatic rings. The summed E-state index contributed by atoms with van der Waals surface area (Å²) in [5.41, 5.74) is 0. The van der Waals surface area contributed by atoms with Crippen molar-refractivity contribution in [3.05, 3.63) is 0 Å². The third kappa shape index (κ3) is 2.64. The summed E-state index contributed by atoms with van der Waals surface area (Å²) < 4.78 is 0. The van der Waals surface area contributed by atoms with Crippen LogP contribution in [0.3, 0.4) is 0 Å². The van der Waals surface area contributed by atoms with E-state index in [1.54, 1.807) is 0 Å². The summed E-state index contributed by atoms with van der Waals surface area (Å²) in [5, 5.41) is 4.37. The molecule has 60 valence electrons. The van der Waals surface area contributed by atoms with E-state index in [2.05, 4.69) is 9.93 Å². The second-order valence-electron chi connectivity index (χ2n) is 2.59. The zero-order valence-electron chi connectivity index (χ0n) is 6.34. The van der Waals surface area contributed by atoms with Crippen LogP contribution in [0, 0.1) is 0 Å². The summed E-state index contributed by atoms with van der Waals surface area (Å²) in [6.07, 6.45) is 6.28. The molecule has 3 heteroatoms. The van der Waals surface area contributed by atoms with Crippen LogP contribution in [-0.2, 0) is 14.8 Å². The topological polar surface area (TPSA) is 27.7 Å². The fourth-order valence-electron chi connectivity index (χ4n) is 1.26. The second-order valence-corrected chi connectivity index (χ2v) is 2.59. The summed E-state index contributed by atoms with van der Waals surface area (Å²) in [4.78, 5) is 9.23. The van der Waals surface area contributed by atoms with Gasteiger partial charge >= 0.3 is 0 Å². The molecule has 1 rings (SSSR count). The van der Waals surface area contributed by atoms with Crippen molar-refractivity contribution in [2.45, 2.75) is 38.2 Å². The number of hydrogen-bond acceptors (Lipinski definition) is 3. The summed E-state index contributed by atoms with van der Waals surface area (Å²) in [5.74, 6) is 0. The van der Waals surface area contributed by atoms with Gasteiger partial charge in [-0.25, -0.2) is 9.78 Å². The van der Waals surface area contributed by atoms with E-state index in [0.29, 0.717) is 0 Å². The average Bonchev–Trinajstić information content (AvgIpc) is 2.03. The molecule has 3 nitrogen and oxygen atoms in total. The highest BCUT2D eigenvalue weighted by Gasteiger charge is 2.14. The van der Waals surface area contributed by atoms with Crippen LogP contribution in [0.15, 0.2) is 0 Å². The molecule has 0 spiro atoms. The number of rotatable bonds is 3. The van der Waals surface area contributed by atoms with Gasteiger partial charge in [0.2, 0.25) is 0 Å². The molecule has 1 saturated carbocycles. The highest BCUT2D eigenvalue weighted by molar-refractivity contribution is 4.62. The van der Waals surface area contributed by atoms with E-state index >= 15 is 0 Å². The molecular weight excluding hydrogens is 132 g/mol. The molecule has 0 unspecified atom stereocenters. The van der Waals surface area contributed by atoms with Crippen molar-refractivity contribution < 1.29 is 14.8 Å². The van der Waals surface area contributed by atoms with Crippen LogP contribution in [-0.4, -0.2) is 13.2 Å². The monoisotopic (exact) mass is 146 g/mol. The first-order valence-corrected chi connectivity index (χ1v) is 3.79. The third-order valence-corrected chi connectivity index (χ3v) is 1.80. The van der Waals surface area contributed by atoms with Gasteiger partial charge in [0.15, 0.2) is 0 Å². The minimum atomic E-state index is 0.258. The molecule has 0 aromatic heterocycles. The fourth-order valence-corrected chi connectivity index (χ4v) is 1.26. The molecule has 0 N–H and O–H groups in total. The zero-order chi connectivity index (χ0) is 7.23. The molecule has 1 aliphatic carbocycles. The van der Waals surface area contributed by atoms with Crippen molar-refractivity contribution in [2.24, 2.45) is 0 Å². The molecule has 0 aliphatic heterocycles. The third-order valence-electron chi connectivity index (χ3n) is 1.80. The van der Waals surface area contributed by atoms with Crippen LogP contribution in [0.25, 0.3) is 0 Å². The molecule has 0 bridgehead atoms. The Morgan fingerprint density at radius 1 is 1.10 bits per heavy atom. The highest BCUT2D eigenvalue weighted by atomic mass is 17.5. The van der Waals surface area contributed by atoms with Crippen molar-refractivity contribution in [3.8, 4) is 0 Å². The highest BCUT2D eigenvalue weighted by Crippen LogP contribution is 2.20. The van der Waals surface area contributed by atoms with Crippen LogP contribution in [0.2, 0.25) is 0 Å². The lowest BCUT2D eigenvalue weighted by Gasteiger charge is -2.18. The Balaban J connectivity index is 2.02. The molecule has 0 heterocycles. The predicted molar refractivity (Wildman–Crippen MR) is 36.1 cm³/mol. The Bertz CT molecular complexity index is 78.9. The standard InChI is InChI=1S/C7H14O3/c1-8-10-9-7-5-3-2-4-6-7/h7H,2-6H2,1H3. The van der Waals surface area contributed by atoms with Gasteiger partial charge in [0.05, 0.1) is 13.2 Å². The van der Waals surface area contributed by atoms with E-state index in [1.165, 1.54) is 26.4 Å². The first-order chi connectivity index (χ1) is 4.93. The van der Waals surface area contributed by atoms with Crippen LogP contribution in [0.5, 0.6) is 0 Å². The Hall–Kier alpha value is -0.120. The predicted octanol–water partition coefficient (Wildman–Crippen LogP) is 1.83. The summed E-state index contributed by atoms with van der Waals surface area (Å²) in [6, 6.07) is 0. The molecular formula is C7H14O3. The molecule has 0 atom stereocenters. The first-order valence-electron chi connectivity index (χ1n) is 3.79. The summed E-state index contributed by atoms with van der Waals surface area (Å²) in [7, 11) is 1.45. The Kier molecular flexibility index (Phi) is 3.72. The van der Waals surface area contributed by atoms with Crippen LogP contribution in [0.1, 0.15) is 32.1 Å². The van der Waals surface area contributed by atoms with Crippen molar-refractivity contribution in [1.29, 1.82) is 0 Å². The molecule has 10 heavy (non-hydrogen) atoms. The molecule has 0 saturated heterocycles. The van der Waals surface area contributed by atoms with Gasteiger partial charge in [0.1, 0.15) is 0 Å². The molecule has 0 radical (unpaired) electrons. The van der Waals surface area contributed by atoms with Gasteiger partial charge < -0.3 is 0 Å². The van der Waals surface area contributed by atoms with Gasteiger partial charge in [-0.1, -0.05) is 24.3 Å². The number of hydrogen-bond donors (Lipinski definition) is 0. The minimum Gasteiger partial charge on any atom is -0.210 e. The van der Waals surface area contributed by atoms with Crippen molar-refractivity contribution in [2.75, 3.05) is 7.11 Å². The minimum absolute atomic E-state index is 0.258. The normalized spacial score (nSPS) is 21.3. The molecule has 1 aliphatic rings. The molecule has 0 amide bonds. The summed E-state index contributed by atoms with van der Waals surface area (Å²) >= 11 is 0.